The van der Waals surface area contributed by atoms with Crippen molar-refractivity contribution >= 4 is 5.97 Å². The molecule has 2 bridgehead atoms. The Morgan fingerprint density at radius 3 is 2.66 bits per heavy atom. The monoisotopic (exact) mass is 436 g/mol. The zero-order valence-corrected chi connectivity index (χ0v) is 20.0. The number of carbonyl (C=O) groups is 1. The Labute approximate surface area is 193 Å². The lowest BCUT2D eigenvalue weighted by molar-refractivity contribution is -0.173. The Kier molecular flexibility index (Phi) is 5.46. The van der Waals surface area contributed by atoms with Crippen molar-refractivity contribution in [1.29, 1.82) is 0 Å². The van der Waals surface area contributed by atoms with Crippen LogP contribution in [0.25, 0.3) is 0 Å². The second-order valence-corrected chi connectivity index (χ2v) is 12.2. The van der Waals surface area contributed by atoms with E-state index in [1.807, 2.05) is 12.1 Å². The molecule has 4 aliphatic rings. The zero-order chi connectivity index (χ0) is 22.6. The molecule has 6 atom stereocenters. The number of phenols is 1. The Bertz CT molecular complexity index is 888. The largest absolute Gasteiger partial charge is 0.508 e. The van der Waals surface area contributed by atoms with Crippen LogP contribution < -0.4 is 0 Å². The molecule has 4 aliphatic carbocycles. The van der Waals surface area contributed by atoms with Crippen LogP contribution in [0.5, 0.6) is 5.75 Å². The van der Waals surface area contributed by atoms with Crippen LogP contribution in [-0.4, -0.2) is 17.7 Å². The van der Waals surface area contributed by atoms with Gasteiger partial charge >= 0.3 is 5.97 Å². The maximum Gasteiger partial charge on any atom is 0.306 e. The number of rotatable bonds is 5. The molecule has 4 fully saturated rings. The van der Waals surface area contributed by atoms with Crippen LogP contribution >= 0.6 is 0 Å². The van der Waals surface area contributed by atoms with Gasteiger partial charge in [-0.1, -0.05) is 44.6 Å². The van der Waals surface area contributed by atoms with Gasteiger partial charge in [0.25, 0.3) is 0 Å². The lowest BCUT2D eigenvalue weighted by Crippen LogP contribution is -2.57. The van der Waals surface area contributed by atoms with Gasteiger partial charge in [0.05, 0.1) is 6.61 Å². The van der Waals surface area contributed by atoms with Gasteiger partial charge in [-0.15, -0.1) is 0 Å². The first-order valence-electron chi connectivity index (χ1n) is 12.9. The van der Waals surface area contributed by atoms with Crippen molar-refractivity contribution in [3.05, 3.63) is 42.0 Å². The SMILES string of the molecule is C=C1CC23CCC4C(C)(COC(=O)CCc5ccc(O)cc5)CCCC4(C)C2CCC1C3. The predicted molar refractivity (Wildman–Crippen MR) is 127 cm³/mol. The van der Waals surface area contributed by atoms with Crippen molar-refractivity contribution in [2.75, 3.05) is 6.61 Å². The molecule has 4 saturated carbocycles. The summed E-state index contributed by atoms with van der Waals surface area (Å²) < 4.78 is 5.93. The van der Waals surface area contributed by atoms with Gasteiger partial charge in [-0.2, -0.15) is 0 Å². The fraction of sp³-hybridized carbons (Fsp3) is 0.690. The number of phenolic OH excluding ortho intramolecular Hbond substituents is 1. The number of ether oxygens (including phenoxy) is 1. The van der Waals surface area contributed by atoms with Crippen molar-refractivity contribution < 1.29 is 14.6 Å². The summed E-state index contributed by atoms with van der Waals surface area (Å²) in [7, 11) is 0. The van der Waals surface area contributed by atoms with E-state index >= 15 is 0 Å². The molecule has 1 aromatic rings. The van der Waals surface area contributed by atoms with Crippen molar-refractivity contribution in [1.82, 2.24) is 0 Å². The molecule has 0 aliphatic heterocycles. The van der Waals surface area contributed by atoms with Gasteiger partial charge in [0, 0.05) is 11.8 Å². The molecule has 5 rings (SSSR count). The molecule has 0 amide bonds. The van der Waals surface area contributed by atoms with E-state index in [9.17, 15) is 9.90 Å². The lowest BCUT2D eigenvalue weighted by atomic mass is 9.41. The molecule has 174 valence electrons. The fourth-order valence-corrected chi connectivity index (χ4v) is 8.89. The third kappa shape index (κ3) is 3.60. The van der Waals surface area contributed by atoms with E-state index in [4.69, 9.17) is 4.74 Å². The van der Waals surface area contributed by atoms with Crippen LogP contribution in [-0.2, 0) is 16.0 Å². The highest BCUT2D eigenvalue weighted by atomic mass is 16.5. The average molecular weight is 437 g/mol. The van der Waals surface area contributed by atoms with E-state index in [1.54, 1.807) is 12.1 Å². The summed E-state index contributed by atoms with van der Waals surface area (Å²) in [6.07, 6.45) is 12.8. The number of carbonyl (C=O) groups excluding carboxylic acids is 1. The van der Waals surface area contributed by atoms with E-state index in [-0.39, 0.29) is 17.1 Å². The molecule has 32 heavy (non-hydrogen) atoms. The van der Waals surface area contributed by atoms with E-state index in [0.717, 1.165) is 17.4 Å². The minimum absolute atomic E-state index is 0.0912. The average Bonchev–Trinajstić information content (AvgIpc) is 2.99. The summed E-state index contributed by atoms with van der Waals surface area (Å²) in [6, 6.07) is 7.10. The summed E-state index contributed by atoms with van der Waals surface area (Å²) in [6.45, 7) is 10.0. The van der Waals surface area contributed by atoms with Gasteiger partial charge < -0.3 is 9.84 Å². The van der Waals surface area contributed by atoms with Gasteiger partial charge in [-0.05, 0) is 104 Å². The van der Waals surface area contributed by atoms with Crippen LogP contribution in [0.2, 0.25) is 0 Å². The number of aryl methyl sites for hydroxylation is 1. The molecule has 6 unspecified atom stereocenters. The van der Waals surface area contributed by atoms with E-state index in [0.29, 0.717) is 36.2 Å². The van der Waals surface area contributed by atoms with Gasteiger partial charge in [-0.25, -0.2) is 0 Å². The molecule has 1 aromatic carbocycles. The number of allylic oxidation sites excluding steroid dienone is 1. The molecule has 0 aromatic heterocycles. The molecular formula is C29H40O3. The smallest absolute Gasteiger partial charge is 0.306 e. The summed E-state index contributed by atoms with van der Waals surface area (Å²) in [5.41, 5.74) is 3.58. The highest BCUT2D eigenvalue weighted by Crippen LogP contribution is 2.72. The number of esters is 1. The second kappa shape index (κ2) is 7.92. The maximum absolute atomic E-state index is 12.6. The first-order valence-corrected chi connectivity index (χ1v) is 12.9. The van der Waals surface area contributed by atoms with Crippen molar-refractivity contribution in [3.8, 4) is 5.75 Å². The van der Waals surface area contributed by atoms with E-state index in [2.05, 4.69) is 20.4 Å². The first kappa shape index (κ1) is 22.0. The minimum Gasteiger partial charge on any atom is -0.508 e. The Balaban J connectivity index is 1.24. The van der Waals surface area contributed by atoms with Gasteiger partial charge in [-0.3, -0.25) is 4.79 Å². The number of hydrogen-bond donors (Lipinski definition) is 1. The van der Waals surface area contributed by atoms with Crippen LogP contribution in [0.1, 0.15) is 83.6 Å². The Morgan fingerprint density at radius 1 is 1.09 bits per heavy atom. The third-order valence-electron chi connectivity index (χ3n) is 10.3. The summed E-state index contributed by atoms with van der Waals surface area (Å²) >= 11 is 0. The molecule has 0 heterocycles. The van der Waals surface area contributed by atoms with Gasteiger partial charge in [0.15, 0.2) is 0 Å². The summed E-state index contributed by atoms with van der Waals surface area (Å²) in [5, 5.41) is 9.43. The molecule has 3 heteroatoms. The number of benzene rings is 1. The van der Waals surface area contributed by atoms with E-state index in [1.165, 1.54) is 63.4 Å². The molecule has 0 saturated heterocycles. The molecule has 1 N–H and O–H groups in total. The molecule has 0 radical (unpaired) electrons. The Morgan fingerprint density at radius 2 is 1.88 bits per heavy atom. The quantitative estimate of drug-likeness (QED) is 0.406. The predicted octanol–water partition coefficient (Wildman–Crippen LogP) is 6.84. The summed E-state index contributed by atoms with van der Waals surface area (Å²) in [5.74, 6) is 2.42. The molecular weight excluding hydrogens is 396 g/mol. The minimum atomic E-state index is -0.0912. The number of fused-ring (bicyclic) bond motifs is 3. The van der Waals surface area contributed by atoms with Crippen LogP contribution in [0.3, 0.4) is 0 Å². The fourth-order valence-electron chi connectivity index (χ4n) is 8.89. The second-order valence-electron chi connectivity index (χ2n) is 12.2. The molecule has 1 spiro atoms. The van der Waals surface area contributed by atoms with Crippen molar-refractivity contribution in [2.45, 2.75) is 84.5 Å². The molecule has 3 nitrogen and oxygen atoms in total. The van der Waals surface area contributed by atoms with Crippen LogP contribution in [0, 0.1) is 34.0 Å². The summed E-state index contributed by atoms with van der Waals surface area (Å²) in [4.78, 5) is 12.6. The zero-order valence-electron chi connectivity index (χ0n) is 20.0. The standard InChI is InChI=1S/C29H40O3/c1-20-17-29-16-13-24-27(2,14-4-15-28(24,3)25(29)11-8-22(20)18-29)19-32-26(31)12-7-21-5-9-23(30)10-6-21/h5-6,9-10,22,24-25,30H,1,4,7-8,11-19H2,2-3H3. The third-order valence-corrected chi connectivity index (χ3v) is 10.3. The Hall–Kier alpha value is -1.77. The highest BCUT2D eigenvalue weighted by molar-refractivity contribution is 5.69. The first-order chi connectivity index (χ1) is 15.2. The van der Waals surface area contributed by atoms with E-state index < -0.39 is 0 Å². The topological polar surface area (TPSA) is 46.5 Å². The normalized spacial score (nSPS) is 40.4. The maximum atomic E-state index is 12.6. The van der Waals surface area contributed by atoms with Crippen LogP contribution in [0.4, 0.5) is 0 Å². The highest BCUT2D eigenvalue weighted by Gasteiger charge is 2.63. The lowest BCUT2D eigenvalue weighted by Gasteiger charge is -2.64. The number of aromatic hydroxyl groups is 1. The number of hydrogen-bond acceptors (Lipinski definition) is 3. The van der Waals surface area contributed by atoms with Crippen molar-refractivity contribution in [3.63, 3.8) is 0 Å². The van der Waals surface area contributed by atoms with Gasteiger partial charge in [0.2, 0.25) is 0 Å². The van der Waals surface area contributed by atoms with Gasteiger partial charge in [0.1, 0.15) is 5.75 Å². The van der Waals surface area contributed by atoms with Crippen LogP contribution in [0.15, 0.2) is 36.4 Å². The van der Waals surface area contributed by atoms with Crippen molar-refractivity contribution in [2.24, 2.45) is 34.0 Å².